The Morgan fingerprint density at radius 1 is 1.10 bits per heavy atom. The van der Waals surface area contributed by atoms with E-state index in [1.807, 2.05) is 38.1 Å². The smallest absolute Gasteiger partial charge is 0.242 e. The zero-order chi connectivity index (χ0) is 21.4. The molecule has 0 radical (unpaired) electrons. The van der Waals surface area contributed by atoms with Crippen LogP contribution in [-0.4, -0.2) is 34.6 Å². The fourth-order valence-corrected chi connectivity index (χ4v) is 3.88. The second-order valence-corrected chi connectivity index (χ2v) is 8.97. The van der Waals surface area contributed by atoms with Crippen LogP contribution in [0.4, 0.5) is 4.39 Å². The van der Waals surface area contributed by atoms with Crippen LogP contribution in [0.1, 0.15) is 31.9 Å². The molecule has 0 saturated carbocycles. The van der Waals surface area contributed by atoms with E-state index >= 15 is 0 Å². The highest BCUT2D eigenvalue weighted by Crippen LogP contribution is 2.18. The van der Waals surface area contributed by atoms with Gasteiger partial charge in [-0.25, -0.2) is 4.39 Å². The van der Waals surface area contributed by atoms with Gasteiger partial charge in [0.1, 0.15) is 11.9 Å². The minimum Gasteiger partial charge on any atom is -0.352 e. The number of hydrogen-bond acceptors (Lipinski definition) is 3. The van der Waals surface area contributed by atoms with Gasteiger partial charge in [-0.3, -0.25) is 9.59 Å². The lowest BCUT2D eigenvalue weighted by Gasteiger charge is -2.29. The van der Waals surface area contributed by atoms with Gasteiger partial charge < -0.3 is 10.2 Å². The molecule has 1 unspecified atom stereocenters. The second kappa shape index (κ2) is 11.4. The average molecular weight is 481 g/mol. The van der Waals surface area contributed by atoms with Crippen LogP contribution in [-0.2, 0) is 21.9 Å². The lowest BCUT2D eigenvalue weighted by molar-refractivity contribution is -0.138. The van der Waals surface area contributed by atoms with Gasteiger partial charge >= 0.3 is 0 Å². The van der Waals surface area contributed by atoms with Gasteiger partial charge in [0, 0.05) is 22.8 Å². The molecule has 0 saturated heterocycles. The molecule has 2 aromatic rings. The molecule has 0 aliphatic rings. The summed E-state index contributed by atoms with van der Waals surface area (Å²) >= 11 is 4.75. The van der Waals surface area contributed by atoms with Crippen molar-refractivity contribution in [2.75, 3.05) is 5.75 Å². The van der Waals surface area contributed by atoms with Gasteiger partial charge in [-0.05, 0) is 50.1 Å². The van der Waals surface area contributed by atoms with Crippen molar-refractivity contribution in [3.63, 3.8) is 0 Å². The Balaban J connectivity index is 2.07. The number of amides is 2. The number of carbonyl (C=O) groups is 2. The summed E-state index contributed by atoms with van der Waals surface area (Å²) in [7, 11) is 0. The van der Waals surface area contributed by atoms with E-state index in [4.69, 9.17) is 0 Å². The standard InChI is InChI=1S/C22H26BrFN2O2S/c1-15(2)25-22(28)16(3)26(12-17-8-10-19(23)11-9-17)21(27)14-29-13-18-6-4-5-7-20(18)24/h4-11,15-16H,12-14H2,1-3H3,(H,25,28). The van der Waals surface area contributed by atoms with E-state index in [9.17, 15) is 14.0 Å². The van der Waals surface area contributed by atoms with Crippen LogP contribution in [0.3, 0.4) is 0 Å². The summed E-state index contributed by atoms with van der Waals surface area (Å²) < 4.78 is 14.7. The molecule has 0 aliphatic heterocycles. The highest BCUT2D eigenvalue weighted by atomic mass is 79.9. The molecule has 4 nitrogen and oxygen atoms in total. The predicted molar refractivity (Wildman–Crippen MR) is 120 cm³/mol. The average Bonchev–Trinajstić information content (AvgIpc) is 2.68. The molecular weight excluding hydrogens is 455 g/mol. The normalized spacial score (nSPS) is 11.9. The fraction of sp³-hybridized carbons (Fsp3) is 0.364. The zero-order valence-corrected chi connectivity index (χ0v) is 19.2. The number of nitrogens with zero attached hydrogens (tertiary/aromatic N) is 1. The maximum atomic E-state index is 13.8. The molecule has 7 heteroatoms. The lowest BCUT2D eigenvalue weighted by atomic mass is 10.1. The van der Waals surface area contributed by atoms with Gasteiger partial charge in [0.25, 0.3) is 0 Å². The van der Waals surface area contributed by atoms with E-state index < -0.39 is 6.04 Å². The minimum absolute atomic E-state index is 0.00925. The van der Waals surface area contributed by atoms with E-state index in [1.165, 1.54) is 17.8 Å². The Kier molecular flexibility index (Phi) is 9.17. The third-order valence-electron chi connectivity index (χ3n) is 4.31. The second-order valence-electron chi connectivity index (χ2n) is 7.07. The van der Waals surface area contributed by atoms with Crippen LogP contribution in [0.2, 0.25) is 0 Å². The van der Waals surface area contributed by atoms with Crippen molar-refractivity contribution in [1.82, 2.24) is 10.2 Å². The van der Waals surface area contributed by atoms with Crippen molar-refractivity contribution in [1.29, 1.82) is 0 Å². The molecule has 1 N–H and O–H groups in total. The van der Waals surface area contributed by atoms with Crippen molar-refractivity contribution >= 4 is 39.5 Å². The summed E-state index contributed by atoms with van der Waals surface area (Å²) in [5, 5.41) is 2.87. The first-order valence-electron chi connectivity index (χ1n) is 9.43. The summed E-state index contributed by atoms with van der Waals surface area (Å²) in [4.78, 5) is 27.0. The van der Waals surface area contributed by atoms with E-state index in [2.05, 4.69) is 21.2 Å². The van der Waals surface area contributed by atoms with Crippen molar-refractivity contribution in [2.45, 2.75) is 45.2 Å². The Labute approximate surface area is 184 Å². The molecule has 0 spiro atoms. The lowest BCUT2D eigenvalue weighted by Crippen LogP contribution is -2.49. The number of thioether (sulfide) groups is 1. The third kappa shape index (κ3) is 7.48. The van der Waals surface area contributed by atoms with Gasteiger partial charge in [0.05, 0.1) is 5.75 Å². The maximum absolute atomic E-state index is 13.8. The minimum atomic E-state index is -0.609. The first kappa shape index (κ1) is 23.4. The Bertz CT molecular complexity index is 830. The van der Waals surface area contributed by atoms with Gasteiger partial charge in [0.2, 0.25) is 11.8 Å². The summed E-state index contributed by atoms with van der Waals surface area (Å²) in [6, 6.07) is 13.6. The topological polar surface area (TPSA) is 49.4 Å². The van der Waals surface area contributed by atoms with Crippen molar-refractivity contribution in [3.05, 3.63) is 69.9 Å². The molecule has 0 heterocycles. The van der Waals surface area contributed by atoms with Gasteiger partial charge in [-0.1, -0.05) is 46.3 Å². The highest BCUT2D eigenvalue weighted by molar-refractivity contribution is 9.10. The summed E-state index contributed by atoms with van der Waals surface area (Å²) in [5.74, 6) is -0.0459. The third-order valence-corrected chi connectivity index (χ3v) is 5.80. The molecule has 2 amide bonds. The first-order valence-corrected chi connectivity index (χ1v) is 11.4. The van der Waals surface area contributed by atoms with Crippen LogP contribution in [0, 0.1) is 5.82 Å². The van der Waals surface area contributed by atoms with Crippen molar-refractivity contribution < 1.29 is 14.0 Å². The van der Waals surface area contributed by atoms with Crippen LogP contribution in [0.25, 0.3) is 0 Å². The van der Waals surface area contributed by atoms with E-state index in [-0.39, 0.29) is 29.4 Å². The number of halogens is 2. The first-order chi connectivity index (χ1) is 13.8. The zero-order valence-electron chi connectivity index (χ0n) is 16.8. The Morgan fingerprint density at radius 3 is 2.38 bits per heavy atom. The van der Waals surface area contributed by atoms with Crippen LogP contribution < -0.4 is 5.32 Å². The maximum Gasteiger partial charge on any atom is 0.242 e. The monoisotopic (exact) mass is 480 g/mol. The number of carbonyl (C=O) groups excluding carboxylic acids is 2. The highest BCUT2D eigenvalue weighted by Gasteiger charge is 2.26. The van der Waals surface area contributed by atoms with Crippen LogP contribution in [0.5, 0.6) is 0 Å². The van der Waals surface area contributed by atoms with Crippen molar-refractivity contribution in [3.8, 4) is 0 Å². The van der Waals surface area contributed by atoms with Crippen molar-refractivity contribution in [2.24, 2.45) is 0 Å². The largest absolute Gasteiger partial charge is 0.352 e. The fourth-order valence-electron chi connectivity index (χ4n) is 2.72. The number of hydrogen-bond donors (Lipinski definition) is 1. The molecule has 0 aromatic heterocycles. The number of nitrogens with one attached hydrogen (secondary N) is 1. The van der Waals surface area contributed by atoms with E-state index in [1.54, 1.807) is 30.0 Å². The van der Waals surface area contributed by atoms with Crippen LogP contribution in [0.15, 0.2) is 53.0 Å². The Morgan fingerprint density at radius 2 is 1.76 bits per heavy atom. The van der Waals surface area contributed by atoms with Gasteiger partial charge in [0.15, 0.2) is 0 Å². The molecule has 0 fully saturated rings. The van der Waals surface area contributed by atoms with Gasteiger partial charge in [-0.15, -0.1) is 11.8 Å². The molecule has 0 bridgehead atoms. The SMILES string of the molecule is CC(C)NC(=O)C(C)N(Cc1ccc(Br)cc1)C(=O)CSCc1ccccc1F. The summed E-state index contributed by atoms with van der Waals surface area (Å²) in [5.41, 5.74) is 1.50. The molecule has 2 aromatic carbocycles. The molecule has 2 rings (SSSR count). The summed E-state index contributed by atoms with van der Waals surface area (Å²) in [6.45, 7) is 5.83. The molecular formula is C22H26BrFN2O2S. The number of rotatable bonds is 9. The molecule has 29 heavy (non-hydrogen) atoms. The van der Waals surface area contributed by atoms with Gasteiger partial charge in [-0.2, -0.15) is 0 Å². The predicted octanol–water partition coefficient (Wildman–Crippen LogP) is 4.76. The molecule has 0 aliphatic carbocycles. The summed E-state index contributed by atoms with van der Waals surface area (Å²) in [6.07, 6.45) is 0. The van der Waals surface area contributed by atoms with Crippen LogP contribution >= 0.6 is 27.7 Å². The number of benzene rings is 2. The van der Waals surface area contributed by atoms with E-state index in [0.29, 0.717) is 17.9 Å². The molecule has 156 valence electrons. The Hall–Kier alpha value is -1.86. The van der Waals surface area contributed by atoms with E-state index in [0.717, 1.165) is 10.0 Å². The molecule has 1 atom stereocenters. The quantitative estimate of drug-likeness (QED) is 0.562.